The lowest BCUT2D eigenvalue weighted by atomic mass is 10.1. The molecule has 0 radical (unpaired) electrons. The van der Waals surface area contributed by atoms with E-state index in [9.17, 15) is 0 Å². The zero-order valence-corrected chi connectivity index (χ0v) is 23.1. The topological polar surface area (TPSA) is 25.8 Å². The highest BCUT2D eigenvalue weighted by atomic mass is 32.1. The number of thiazole rings is 2. The first-order valence-corrected chi connectivity index (χ1v) is 13.9. The smallest absolute Gasteiger partial charge is 0.124 e. The van der Waals surface area contributed by atoms with Crippen molar-refractivity contribution < 1.29 is 0 Å². The van der Waals surface area contributed by atoms with E-state index in [1.54, 1.807) is 22.7 Å². The van der Waals surface area contributed by atoms with Gasteiger partial charge in [-0.05, 0) is 63.3 Å². The second kappa shape index (κ2) is 10.3. The van der Waals surface area contributed by atoms with Gasteiger partial charge in [0.25, 0.3) is 0 Å². The molecule has 0 fully saturated rings. The summed E-state index contributed by atoms with van der Waals surface area (Å²) in [6, 6.07) is 17.2. The maximum absolute atomic E-state index is 4.80. The van der Waals surface area contributed by atoms with Gasteiger partial charge in [-0.2, -0.15) is 0 Å². The average molecular weight is 507 g/mol. The summed E-state index contributed by atoms with van der Waals surface area (Å²) < 4.78 is 2.62. The molecular weight excluding hydrogens is 477 g/mol. The Bertz CT molecular complexity index is 1570. The molecule has 0 unspecified atom stereocenters. The highest BCUT2D eigenvalue weighted by Gasteiger charge is 2.11. The van der Waals surface area contributed by atoms with Crippen molar-refractivity contribution in [1.29, 1.82) is 0 Å². The van der Waals surface area contributed by atoms with Gasteiger partial charge in [0.05, 0.1) is 20.4 Å². The number of fused-ring (bicyclic) bond motifs is 2. The van der Waals surface area contributed by atoms with Gasteiger partial charge < -0.3 is 0 Å². The SMILES string of the molecule is Cc1ccc(-c2nc3c(C)ccc(C)c3s2)cc1.Cc1ccc(C)c2sc(C3=CC=CCC=C3)nc12. The second-order valence-electron chi connectivity index (χ2n) is 9.35. The number of hydrogen-bond donors (Lipinski definition) is 0. The van der Waals surface area contributed by atoms with Crippen molar-refractivity contribution in [3.8, 4) is 10.6 Å². The largest absolute Gasteiger partial charge is 0.236 e. The number of nitrogens with zero attached hydrogens (tertiary/aromatic N) is 2. The molecule has 5 aromatic rings. The predicted molar refractivity (Wildman–Crippen MR) is 159 cm³/mol. The van der Waals surface area contributed by atoms with Gasteiger partial charge in [0.1, 0.15) is 10.0 Å². The molecule has 0 saturated carbocycles. The molecular formula is C32H30N2S2. The van der Waals surface area contributed by atoms with E-state index in [1.165, 1.54) is 48.4 Å². The highest BCUT2D eigenvalue weighted by Crippen LogP contribution is 2.34. The molecule has 1 aliphatic carbocycles. The van der Waals surface area contributed by atoms with Crippen LogP contribution < -0.4 is 0 Å². The van der Waals surface area contributed by atoms with Crippen LogP contribution in [0.15, 0.2) is 78.9 Å². The van der Waals surface area contributed by atoms with Crippen LogP contribution in [0, 0.1) is 34.6 Å². The molecule has 0 spiro atoms. The van der Waals surface area contributed by atoms with Gasteiger partial charge in [-0.25, -0.2) is 9.97 Å². The third-order valence-electron chi connectivity index (χ3n) is 6.41. The molecule has 2 aromatic heterocycles. The Kier molecular flexibility index (Phi) is 6.99. The molecule has 3 aromatic carbocycles. The molecule has 0 saturated heterocycles. The average Bonchev–Trinajstić information content (AvgIpc) is 3.45. The molecule has 2 nitrogen and oxygen atoms in total. The second-order valence-corrected chi connectivity index (χ2v) is 11.3. The standard InChI is InChI=1S/2C16H15NS/c1-10-4-8-13(9-5-10)16-17-14-11(2)6-7-12(3)15(14)18-16;1-11-9-10-12(2)15-14(11)17-16(18-15)13-7-5-3-4-6-8-13/h4-9H,1-3H3;3,5-10H,4H2,1-2H3. The van der Waals surface area contributed by atoms with E-state index in [2.05, 4.69) is 114 Å². The lowest BCUT2D eigenvalue weighted by Crippen LogP contribution is -1.80. The van der Waals surface area contributed by atoms with Gasteiger partial charge in [0.15, 0.2) is 0 Å². The summed E-state index contributed by atoms with van der Waals surface area (Å²) in [5.41, 5.74) is 11.1. The first-order valence-electron chi connectivity index (χ1n) is 12.2. The van der Waals surface area contributed by atoms with Gasteiger partial charge in [0, 0.05) is 11.1 Å². The van der Waals surface area contributed by atoms with E-state index in [0.717, 1.165) is 27.5 Å². The fraction of sp³-hybridized carbons (Fsp3) is 0.188. The molecule has 0 amide bonds. The van der Waals surface area contributed by atoms with Crippen LogP contribution in [-0.2, 0) is 0 Å². The molecule has 4 heteroatoms. The number of rotatable bonds is 2. The Morgan fingerprint density at radius 2 is 1.17 bits per heavy atom. The first kappa shape index (κ1) is 24.4. The van der Waals surface area contributed by atoms with Crippen LogP contribution in [-0.4, -0.2) is 9.97 Å². The van der Waals surface area contributed by atoms with E-state index < -0.39 is 0 Å². The molecule has 36 heavy (non-hydrogen) atoms. The van der Waals surface area contributed by atoms with Crippen molar-refractivity contribution >= 4 is 48.7 Å². The fourth-order valence-electron chi connectivity index (χ4n) is 4.18. The Balaban J connectivity index is 0.000000148. The number of hydrogen-bond acceptors (Lipinski definition) is 4. The minimum absolute atomic E-state index is 1.00. The summed E-state index contributed by atoms with van der Waals surface area (Å²) in [5, 5.41) is 2.23. The fourth-order valence-corrected chi connectivity index (χ4v) is 6.42. The van der Waals surface area contributed by atoms with Crippen molar-refractivity contribution in [2.24, 2.45) is 0 Å². The Morgan fingerprint density at radius 3 is 1.78 bits per heavy atom. The van der Waals surface area contributed by atoms with Crippen LogP contribution in [0.5, 0.6) is 0 Å². The van der Waals surface area contributed by atoms with Crippen LogP contribution in [0.1, 0.15) is 39.2 Å². The molecule has 0 N–H and O–H groups in total. The summed E-state index contributed by atoms with van der Waals surface area (Å²) in [4.78, 5) is 9.60. The van der Waals surface area contributed by atoms with Crippen molar-refractivity contribution in [2.45, 2.75) is 41.0 Å². The summed E-state index contributed by atoms with van der Waals surface area (Å²) in [5.74, 6) is 0. The molecule has 180 valence electrons. The van der Waals surface area contributed by atoms with Gasteiger partial charge in [-0.1, -0.05) is 84.5 Å². The highest BCUT2D eigenvalue weighted by molar-refractivity contribution is 7.22. The third-order valence-corrected chi connectivity index (χ3v) is 8.89. The van der Waals surface area contributed by atoms with Crippen molar-refractivity contribution in [2.75, 3.05) is 0 Å². The number of aromatic nitrogens is 2. The molecule has 6 rings (SSSR count). The normalized spacial score (nSPS) is 13.0. The predicted octanol–water partition coefficient (Wildman–Crippen LogP) is 9.70. The number of benzene rings is 3. The zero-order chi connectivity index (χ0) is 25.2. The number of aryl methyl sites for hydroxylation is 5. The lowest BCUT2D eigenvalue weighted by molar-refractivity contribution is 1.37. The lowest BCUT2D eigenvalue weighted by Gasteiger charge is -1.96. The van der Waals surface area contributed by atoms with Crippen LogP contribution in [0.2, 0.25) is 0 Å². The Labute approximate surface area is 221 Å². The Morgan fingerprint density at radius 1 is 0.611 bits per heavy atom. The van der Waals surface area contributed by atoms with E-state index in [0.29, 0.717) is 0 Å². The van der Waals surface area contributed by atoms with E-state index in [4.69, 9.17) is 9.97 Å². The van der Waals surface area contributed by atoms with Crippen molar-refractivity contribution in [1.82, 2.24) is 9.97 Å². The van der Waals surface area contributed by atoms with Crippen LogP contribution in [0.3, 0.4) is 0 Å². The van der Waals surface area contributed by atoms with Crippen LogP contribution >= 0.6 is 22.7 Å². The summed E-state index contributed by atoms with van der Waals surface area (Å²) >= 11 is 3.58. The maximum Gasteiger partial charge on any atom is 0.124 e. The molecule has 0 aliphatic heterocycles. The van der Waals surface area contributed by atoms with E-state index >= 15 is 0 Å². The zero-order valence-electron chi connectivity index (χ0n) is 21.4. The minimum Gasteiger partial charge on any atom is -0.236 e. The molecule has 1 aliphatic rings. The monoisotopic (exact) mass is 506 g/mol. The summed E-state index contributed by atoms with van der Waals surface area (Å²) in [7, 11) is 0. The van der Waals surface area contributed by atoms with Crippen LogP contribution in [0.4, 0.5) is 0 Å². The molecule has 0 atom stereocenters. The van der Waals surface area contributed by atoms with Crippen LogP contribution in [0.25, 0.3) is 36.6 Å². The van der Waals surface area contributed by atoms with Crippen molar-refractivity contribution in [3.05, 3.63) is 112 Å². The quantitative estimate of drug-likeness (QED) is 0.238. The van der Waals surface area contributed by atoms with E-state index in [1.807, 2.05) is 0 Å². The molecule has 0 bridgehead atoms. The van der Waals surface area contributed by atoms with Gasteiger partial charge >= 0.3 is 0 Å². The van der Waals surface area contributed by atoms with Crippen molar-refractivity contribution in [3.63, 3.8) is 0 Å². The Hall–Kier alpha value is -3.34. The number of allylic oxidation sites excluding steroid dienone is 6. The van der Waals surface area contributed by atoms with E-state index in [-0.39, 0.29) is 0 Å². The van der Waals surface area contributed by atoms with Gasteiger partial charge in [0.2, 0.25) is 0 Å². The van der Waals surface area contributed by atoms with Gasteiger partial charge in [-0.3, -0.25) is 0 Å². The summed E-state index contributed by atoms with van der Waals surface area (Å²) in [6.45, 7) is 10.7. The summed E-state index contributed by atoms with van der Waals surface area (Å²) in [6.07, 6.45) is 11.8. The molecule has 2 heterocycles. The third kappa shape index (κ3) is 4.97. The maximum atomic E-state index is 4.80. The minimum atomic E-state index is 1.00. The van der Waals surface area contributed by atoms with Gasteiger partial charge in [-0.15, -0.1) is 22.7 Å². The first-order chi connectivity index (χ1) is 17.4.